The first kappa shape index (κ1) is 11.1. The van der Waals surface area contributed by atoms with E-state index in [0.717, 1.165) is 22.5 Å². The number of hydrogen-bond donors (Lipinski definition) is 1. The van der Waals surface area contributed by atoms with Gasteiger partial charge in [0, 0.05) is 16.7 Å². The van der Waals surface area contributed by atoms with Gasteiger partial charge in [-0.15, -0.1) is 0 Å². The molecule has 0 spiro atoms. The first-order valence-electron chi connectivity index (χ1n) is 4.52. The van der Waals surface area contributed by atoms with Crippen molar-refractivity contribution in [2.45, 2.75) is 6.92 Å². The molecule has 1 rings (SSSR count). The van der Waals surface area contributed by atoms with Crippen molar-refractivity contribution in [3.8, 4) is 5.75 Å². The van der Waals surface area contributed by atoms with Crippen molar-refractivity contribution in [2.75, 3.05) is 18.5 Å². The summed E-state index contributed by atoms with van der Waals surface area (Å²) in [7, 11) is 0. The van der Waals surface area contributed by atoms with Crippen molar-refractivity contribution in [3.05, 3.63) is 35.3 Å². The molecule has 0 aliphatic carbocycles. The SMILES string of the molecule is C=C(Br)CNc1ccc(OCC)cc1. The molecule has 0 bridgehead atoms. The summed E-state index contributed by atoms with van der Waals surface area (Å²) in [5.41, 5.74) is 1.06. The third-order valence-corrected chi connectivity index (χ3v) is 1.93. The van der Waals surface area contributed by atoms with Crippen LogP contribution in [0, 0.1) is 0 Å². The Hall–Kier alpha value is -0.960. The van der Waals surface area contributed by atoms with Gasteiger partial charge in [-0.1, -0.05) is 22.5 Å². The van der Waals surface area contributed by atoms with Crippen LogP contribution >= 0.6 is 15.9 Å². The van der Waals surface area contributed by atoms with Gasteiger partial charge in [-0.25, -0.2) is 0 Å². The summed E-state index contributed by atoms with van der Waals surface area (Å²) >= 11 is 3.29. The lowest BCUT2D eigenvalue weighted by molar-refractivity contribution is 0.340. The highest BCUT2D eigenvalue weighted by molar-refractivity contribution is 9.11. The maximum atomic E-state index is 5.33. The van der Waals surface area contributed by atoms with Crippen molar-refractivity contribution >= 4 is 21.6 Å². The van der Waals surface area contributed by atoms with Gasteiger partial charge in [-0.05, 0) is 31.2 Å². The molecule has 76 valence electrons. The Labute approximate surface area is 93.1 Å². The molecule has 0 fully saturated rings. The second-order valence-electron chi connectivity index (χ2n) is 2.83. The molecular weight excluding hydrogens is 242 g/mol. The minimum absolute atomic E-state index is 0.699. The summed E-state index contributed by atoms with van der Waals surface area (Å²) in [4.78, 5) is 0. The molecule has 3 heteroatoms. The smallest absolute Gasteiger partial charge is 0.119 e. The van der Waals surface area contributed by atoms with Gasteiger partial charge in [-0.2, -0.15) is 0 Å². The van der Waals surface area contributed by atoms with E-state index in [1.165, 1.54) is 0 Å². The highest BCUT2D eigenvalue weighted by Gasteiger charge is 1.94. The molecule has 1 aromatic rings. The standard InChI is InChI=1S/C11H14BrNO/c1-3-14-11-6-4-10(5-7-11)13-8-9(2)12/h4-7,13H,2-3,8H2,1H3. The maximum Gasteiger partial charge on any atom is 0.119 e. The lowest BCUT2D eigenvalue weighted by Crippen LogP contribution is -2.00. The van der Waals surface area contributed by atoms with Crippen LogP contribution in [-0.2, 0) is 0 Å². The van der Waals surface area contributed by atoms with Gasteiger partial charge < -0.3 is 10.1 Å². The zero-order valence-electron chi connectivity index (χ0n) is 8.22. The van der Waals surface area contributed by atoms with E-state index in [4.69, 9.17) is 4.74 Å². The van der Waals surface area contributed by atoms with Crippen molar-refractivity contribution < 1.29 is 4.74 Å². The van der Waals surface area contributed by atoms with Crippen molar-refractivity contribution in [1.82, 2.24) is 0 Å². The van der Waals surface area contributed by atoms with Gasteiger partial charge in [0.25, 0.3) is 0 Å². The summed E-state index contributed by atoms with van der Waals surface area (Å²) in [5, 5.41) is 3.21. The van der Waals surface area contributed by atoms with E-state index in [-0.39, 0.29) is 0 Å². The zero-order valence-corrected chi connectivity index (χ0v) is 9.80. The molecule has 0 saturated heterocycles. The van der Waals surface area contributed by atoms with Crippen molar-refractivity contribution in [2.24, 2.45) is 0 Å². The molecule has 14 heavy (non-hydrogen) atoms. The molecule has 0 aliphatic heterocycles. The topological polar surface area (TPSA) is 21.3 Å². The van der Waals surface area contributed by atoms with Gasteiger partial charge >= 0.3 is 0 Å². The van der Waals surface area contributed by atoms with Crippen LogP contribution in [0.3, 0.4) is 0 Å². The third-order valence-electron chi connectivity index (χ3n) is 1.65. The van der Waals surface area contributed by atoms with E-state index >= 15 is 0 Å². The van der Waals surface area contributed by atoms with Crippen LogP contribution in [0.25, 0.3) is 0 Å². The van der Waals surface area contributed by atoms with E-state index in [9.17, 15) is 0 Å². The molecule has 1 aromatic carbocycles. The number of nitrogens with one attached hydrogen (secondary N) is 1. The Kier molecular flexibility index (Phi) is 4.53. The molecule has 2 nitrogen and oxygen atoms in total. The second kappa shape index (κ2) is 5.70. The number of rotatable bonds is 5. The van der Waals surface area contributed by atoms with E-state index in [1.54, 1.807) is 0 Å². The third kappa shape index (κ3) is 3.83. The fourth-order valence-electron chi connectivity index (χ4n) is 1.03. The van der Waals surface area contributed by atoms with Crippen LogP contribution in [-0.4, -0.2) is 13.2 Å². The quantitative estimate of drug-likeness (QED) is 0.871. The molecule has 0 radical (unpaired) electrons. The Morgan fingerprint density at radius 1 is 1.43 bits per heavy atom. The minimum Gasteiger partial charge on any atom is -0.494 e. The molecule has 0 saturated carbocycles. The number of anilines is 1. The molecule has 0 aromatic heterocycles. The molecule has 1 N–H and O–H groups in total. The zero-order chi connectivity index (χ0) is 10.4. The Morgan fingerprint density at radius 3 is 2.57 bits per heavy atom. The van der Waals surface area contributed by atoms with Crippen molar-refractivity contribution in [3.63, 3.8) is 0 Å². The molecule has 0 amide bonds. The molecule has 0 atom stereocenters. The van der Waals surface area contributed by atoms with Gasteiger partial charge in [0.15, 0.2) is 0 Å². The van der Waals surface area contributed by atoms with E-state index in [2.05, 4.69) is 27.8 Å². The Bertz CT molecular complexity index is 295. The highest BCUT2D eigenvalue weighted by Crippen LogP contribution is 2.16. The first-order chi connectivity index (χ1) is 6.72. The number of benzene rings is 1. The predicted octanol–water partition coefficient (Wildman–Crippen LogP) is 3.41. The second-order valence-corrected chi connectivity index (χ2v) is 3.95. The summed E-state index contributed by atoms with van der Waals surface area (Å²) in [5.74, 6) is 0.899. The lowest BCUT2D eigenvalue weighted by Gasteiger charge is -2.06. The summed E-state index contributed by atoms with van der Waals surface area (Å²) in [6, 6.07) is 7.87. The molecule has 0 aliphatic rings. The monoisotopic (exact) mass is 255 g/mol. The number of halogens is 1. The fraction of sp³-hybridized carbons (Fsp3) is 0.273. The molecule has 0 heterocycles. The Morgan fingerprint density at radius 2 is 2.07 bits per heavy atom. The average Bonchev–Trinajstić information content (AvgIpc) is 2.17. The largest absolute Gasteiger partial charge is 0.494 e. The van der Waals surface area contributed by atoms with E-state index in [0.29, 0.717) is 6.61 Å². The van der Waals surface area contributed by atoms with Gasteiger partial charge in [0.05, 0.1) is 6.61 Å². The fourth-order valence-corrected chi connectivity index (χ4v) is 1.17. The van der Waals surface area contributed by atoms with Crippen LogP contribution in [0.5, 0.6) is 5.75 Å². The van der Waals surface area contributed by atoms with Gasteiger partial charge in [0.1, 0.15) is 5.75 Å². The average molecular weight is 256 g/mol. The number of ether oxygens (including phenoxy) is 1. The van der Waals surface area contributed by atoms with Crippen LogP contribution in [0.1, 0.15) is 6.92 Å². The maximum absolute atomic E-state index is 5.33. The first-order valence-corrected chi connectivity index (χ1v) is 5.31. The van der Waals surface area contributed by atoms with E-state index < -0.39 is 0 Å². The summed E-state index contributed by atoms with van der Waals surface area (Å²) in [6.07, 6.45) is 0. The predicted molar refractivity (Wildman–Crippen MR) is 64.2 cm³/mol. The van der Waals surface area contributed by atoms with Crippen molar-refractivity contribution in [1.29, 1.82) is 0 Å². The highest BCUT2D eigenvalue weighted by atomic mass is 79.9. The minimum atomic E-state index is 0.699. The molecule has 0 unspecified atom stereocenters. The lowest BCUT2D eigenvalue weighted by atomic mass is 10.3. The molecular formula is C11H14BrNO. The van der Waals surface area contributed by atoms with Crippen LogP contribution in [0.4, 0.5) is 5.69 Å². The van der Waals surface area contributed by atoms with Gasteiger partial charge in [0.2, 0.25) is 0 Å². The summed E-state index contributed by atoms with van der Waals surface area (Å²) < 4.78 is 6.27. The van der Waals surface area contributed by atoms with Crippen LogP contribution in [0.15, 0.2) is 35.3 Å². The van der Waals surface area contributed by atoms with Crippen LogP contribution < -0.4 is 10.1 Å². The Balaban J connectivity index is 2.50. The summed E-state index contributed by atoms with van der Waals surface area (Å²) in [6.45, 7) is 7.15. The normalized spacial score (nSPS) is 9.57. The van der Waals surface area contributed by atoms with Gasteiger partial charge in [-0.3, -0.25) is 0 Å². The van der Waals surface area contributed by atoms with Crippen LogP contribution in [0.2, 0.25) is 0 Å². The van der Waals surface area contributed by atoms with E-state index in [1.807, 2.05) is 31.2 Å². The number of hydrogen-bond acceptors (Lipinski definition) is 2.